The van der Waals surface area contributed by atoms with Crippen LogP contribution >= 0.6 is 0 Å². The number of nitrogens with one attached hydrogen (secondary N) is 1. The summed E-state index contributed by atoms with van der Waals surface area (Å²) in [5.74, 6) is 0.983. The molecule has 1 aromatic heterocycles. The van der Waals surface area contributed by atoms with Gasteiger partial charge in [-0.1, -0.05) is 6.07 Å². The zero-order valence-corrected chi connectivity index (χ0v) is 12.9. The molecule has 0 aliphatic heterocycles. The summed E-state index contributed by atoms with van der Waals surface area (Å²) in [6.07, 6.45) is 0. The fourth-order valence-electron chi connectivity index (χ4n) is 1.90. The molecule has 114 valence electrons. The lowest BCUT2D eigenvalue weighted by molar-refractivity contribution is 0.141. The standard InChI is InChI=1S/C15H27N3O2/c1-4-19-11-9-18(10-12-20-5-2)15-8-6-7-14(17-15)13-16-3/h6-8,16H,4-5,9-13H2,1-3H3. The van der Waals surface area contributed by atoms with Gasteiger partial charge in [0.05, 0.1) is 18.9 Å². The lowest BCUT2D eigenvalue weighted by atomic mass is 10.3. The molecule has 1 aromatic rings. The van der Waals surface area contributed by atoms with Crippen molar-refractivity contribution in [2.24, 2.45) is 0 Å². The number of aromatic nitrogens is 1. The van der Waals surface area contributed by atoms with Crippen LogP contribution in [0.2, 0.25) is 0 Å². The molecule has 0 saturated heterocycles. The van der Waals surface area contributed by atoms with Crippen LogP contribution in [0.5, 0.6) is 0 Å². The second kappa shape index (κ2) is 10.6. The fraction of sp³-hybridized carbons (Fsp3) is 0.667. The van der Waals surface area contributed by atoms with Crippen LogP contribution in [0.3, 0.4) is 0 Å². The van der Waals surface area contributed by atoms with Gasteiger partial charge in [0.2, 0.25) is 0 Å². The van der Waals surface area contributed by atoms with Crippen molar-refractivity contribution in [2.75, 3.05) is 51.5 Å². The first-order chi connectivity index (χ1) is 9.81. The van der Waals surface area contributed by atoms with Crippen molar-refractivity contribution in [2.45, 2.75) is 20.4 Å². The van der Waals surface area contributed by atoms with Crippen LogP contribution in [0.4, 0.5) is 5.82 Å². The molecular weight excluding hydrogens is 254 g/mol. The first-order valence-electron chi connectivity index (χ1n) is 7.32. The molecule has 0 atom stereocenters. The monoisotopic (exact) mass is 281 g/mol. The largest absolute Gasteiger partial charge is 0.380 e. The molecule has 0 saturated carbocycles. The highest BCUT2D eigenvalue weighted by Gasteiger charge is 2.08. The molecule has 0 bridgehead atoms. The van der Waals surface area contributed by atoms with Gasteiger partial charge in [-0.25, -0.2) is 4.98 Å². The molecule has 1 heterocycles. The lowest BCUT2D eigenvalue weighted by Gasteiger charge is -2.24. The molecule has 0 fully saturated rings. The molecule has 5 heteroatoms. The highest BCUT2D eigenvalue weighted by atomic mass is 16.5. The summed E-state index contributed by atoms with van der Waals surface area (Å²) in [6.45, 7) is 9.36. The molecule has 0 aliphatic carbocycles. The van der Waals surface area contributed by atoms with E-state index < -0.39 is 0 Å². The second-order valence-electron chi connectivity index (χ2n) is 4.40. The van der Waals surface area contributed by atoms with E-state index in [0.29, 0.717) is 13.2 Å². The van der Waals surface area contributed by atoms with Gasteiger partial charge in [0.25, 0.3) is 0 Å². The van der Waals surface area contributed by atoms with Crippen molar-refractivity contribution >= 4 is 5.82 Å². The summed E-state index contributed by atoms with van der Waals surface area (Å²) in [7, 11) is 1.93. The third-order valence-electron chi connectivity index (χ3n) is 2.89. The third-order valence-corrected chi connectivity index (χ3v) is 2.89. The maximum Gasteiger partial charge on any atom is 0.129 e. The van der Waals surface area contributed by atoms with Gasteiger partial charge in [0.15, 0.2) is 0 Å². The molecule has 0 aromatic carbocycles. The molecule has 0 unspecified atom stereocenters. The van der Waals surface area contributed by atoms with Gasteiger partial charge in [0.1, 0.15) is 5.82 Å². The van der Waals surface area contributed by atoms with Gasteiger partial charge >= 0.3 is 0 Å². The minimum atomic E-state index is 0.709. The van der Waals surface area contributed by atoms with Crippen molar-refractivity contribution in [1.82, 2.24) is 10.3 Å². The van der Waals surface area contributed by atoms with E-state index in [9.17, 15) is 0 Å². The van der Waals surface area contributed by atoms with Crippen LogP contribution in [-0.4, -0.2) is 51.5 Å². The Morgan fingerprint density at radius 1 is 1.10 bits per heavy atom. The molecule has 0 spiro atoms. The normalized spacial score (nSPS) is 10.8. The molecule has 0 amide bonds. The van der Waals surface area contributed by atoms with Crippen LogP contribution in [0, 0.1) is 0 Å². The van der Waals surface area contributed by atoms with E-state index >= 15 is 0 Å². The van der Waals surface area contributed by atoms with E-state index in [1.807, 2.05) is 39.1 Å². The third kappa shape index (κ3) is 6.32. The quantitative estimate of drug-likeness (QED) is 0.625. The molecular formula is C15H27N3O2. The van der Waals surface area contributed by atoms with Gasteiger partial charge < -0.3 is 19.7 Å². The Labute approximate surface area is 122 Å². The van der Waals surface area contributed by atoms with E-state index in [2.05, 4.69) is 15.2 Å². The number of ether oxygens (including phenoxy) is 2. The first kappa shape index (κ1) is 16.9. The minimum absolute atomic E-state index is 0.709. The predicted molar refractivity (Wildman–Crippen MR) is 82.2 cm³/mol. The molecule has 5 nitrogen and oxygen atoms in total. The lowest BCUT2D eigenvalue weighted by Crippen LogP contribution is -2.32. The Hall–Kier alpha value is -1.17. The summed E-state index contributed by atoms with van der Waals surface area (Å²) in [6, 6.07) is 6.11. The number of rotatable bonds is 11. The maximum atomic E-state index is 5.45. The van der Waals surface area contributed by atoms with Gasteiger partial charge in [-0.2, -0.15) is 0 Å². The number of pyridine rings is 1. The van der Waals surface area contributed by atoms with Crippen molar-refractivity contribution in [1.29, 1.82) is 0 Å². The van der Waals surface area contributed by atoms with E-state index in [-0.39, 0.29) is 0 Å². The number of nitrogens with zero attached hydrogens (tertiary/aromatic N) is 2. The summed E-state index contributed by atoms with van der Waals surface area (Å²) in [5.41, 5.74) is 1.04. The summed E-state index contributed by atoms with van der Waals surface area (Å²) in [4.78, 5) is 6.89. The van der Waals surface area contributed by atoms with Crippen molar-refractivity contribution in [3.8, 4) is 0 Å². The molecule has 0 radical (unpaired) electrons. The van der Waals surface area contributed by atoms with Crippen LogP contribution in [-0.2, 0) is 16.0 Å². The summed E-state index contributed by atoms with van der Waals surface area (Å²) in [5, 5.41) is 3.12. The molecule has 1 rings (SSSR count). The fourth-order valence-corrected chi connectivity index (χ4v) is 1.90. The highest BCUT2D eigenvalue weighted by molar-refractivity contribution is 5.39. The summed E-state index contributed by atoms with van der Waals surface area (Å²) < 4.78 is 10.9. The van der Waals surface area contributed by atoms with Crippen LogP contribution in [0.25, 0.3) is 0 Å². The smallest absolute Gasteiger partial charge is 0.129 e. The Bertz CT molecular complexity index is 351. The van der Waals surface area contributed by atoms with Crippen LogP contribution < -0.4 is 10.2 Å². The van der Waals surface area contributed by atoms with Crippen LogP contribution in [0.15, 0.2) is 18.2 Å². The van der Waals surface area contributed by atoms with Crippen LogP contribution in [0.1, 0.15) is 19.5 Å². The minimum Gasteiger partial charge on any atom is -0.380 e. The van der Waals surface area contributed by atoms with Gasteiger partial charge in [-0.3, -0.25) is 0 Å². The summed E-state index contributed by atoms with van der Waals surface area (Å²) >= 11 is 0. The Morgan fingerprint density at radius 3 is 2.30 bits per heavy atom. The first-order valence-corrected chi connectivity index (χ1v) is 7.32. The Kier molecular flexibility index (Phi) is 8.95. The Morgan fingerprint density at radius 2 is 1.75 bits per heavy atom. The topological polar surface area (TPSA) is 46.6 Å². The van der Waals surface area contributed by atoms with Crippen molar-refractivity contribution in [3.63, 3.8) is 0 Å². The molecule has 20 heavy (non-hydrogen) atoms. The second-order valence-corrected chi connectivity index (χ2v) is 4.40. The predicted octanol–water partition coefficient (Wildman–Crippen LogP) is 1.68. The van der Waals surface area contributed by atoms with Crippen molar-refractivity contribution in [3.05, 3.63) is 23.9 Å². The van der Waals surface area contributed by atoms with Crippen molar-refractivity contribution < 1.29 is 9.47 Å². The SMILES string of the molecule is CCOCCN(CCOCC)c1cccc(CNC)n1. The van der Waals surface area contributed by atoms with E-state index in [1.165, 1.54) is 0 Å². The number of hydrogen-bond acceptors (Lipinski definition) is 5. The number of anilines is 1. The van der Waals surface area contributed by atoms with E-state index in [4.69, 9.17) is 9.47 Å². The van der Waals surface area contributed by atoms with Gasteiger partial charge in [0, 0.05) is 32.8 Å². The molecule has 0 aliphatic rings. The van der Waals surface area contributed by atoms with E-state index in [0.717, 1.165) is 44.4 Å². The average molecular weight is 281 g/mol. The average Bonchev–Trinajstić information content (AvgIpc) is 2.47. The Balaban J connectivity index is 2.65. The zero-order valence-electron chi connectivity index (χ0n) is 12.9. The highest BCUT2D eigenvalue weighted by Crippen LogP contribution is 2.11. The van der Waals surface area contributed by atoms with Gasteiger partial charge in [-0.05, 0) is 33.0 Å². The zero-order chi connectivity index (χ0) is 14.6. The van der Waals surface area contributed by atoms with E-state index in [1.54, 1.807) is 0 Å². The molecule has 1 N–H and O–H groups in total. The maximum absolute atomic E-state index is 5.45. The number of hydrogen-bond donors (Lipinski definition) is 1. The van der Waals surface area contributed by atoms with Gasteiger partial charge in [-0.15, -0.1) is 0 Å².